The van der Waals surface area contributed by atoms with Crippen molar-refractivity contribution < 1.29 is 4.92 Å². The average molecular weight is 305 g/mol. The molecule has 2 rings (SSSR count). The minimum Gasteiger partial charge on any atom is -0.265 e. The number of rotatable bonds is 4. The van der Waals surface area contributed by atoms with Crippen molar-refractivity contribution in [3.8, 4) is 0 Å². The number of aromatic nitrogens is 3. The Morgan fingerprint density at radius 1 is 1.38 bits per heavy atom. The molecule has 0 aliphatic carbocycles. The molecule has 1 aromatic carbocycles. The second kappa shape index (κ2) is 6.27. The standard InChI is InChI=1S/C12H11N5O3S/c1-8-11(18)16(12(21-2)15-14-8)13-7-9-5-3-4-6-10(9)17(19)20/h3-7H,1-2H3. The van der Waals surface area contributed by atoms with Crippen LogP contribution >= 0.6 is 11.8 Å². The summed E-state index contributed by atoms with van der Waals surface area (Å²) in [7, 11) is 0. The van der Waals surface area contributed by atoms with Gasteiger partial charge in [-0.1, -0.05) is 23.9 Å². The first-order chi connectivity index (χ1) is 10.0. The maximum atomic E-state index is 12.0. The lowest BCUT2D eigenvalue weighted by Crippen LogP contribution is -2.23. The molecular weight excluding hydrogens is 294 g/mol. The van der Waals surface area contributed by atoms with Crippen LogP contribution in [0.15, 0.2) is 39.3 Å². The SMILES string of the molecule is CSc1nnc(C)c(=O)n1N=Cc1ccccc1[N+](=O)[O-]. The molecule has 0 radical (unpaired) electrons. The highest BCUT2D eigenvalue weighted by Crippen LogP contribution is 2.15. The van der Waals surface area contributed by atoms with Crippen LogP contribution < -0.4 is 5.56 Å². The molecule has 8 nitrogen and oxygen atoms in total. The molecule has 0 saturated heterocycles. The number of benzene rings is 1. The van der Waals surface area contributed by atoms with Crippen molar-refractivity contribution in [3.63, 3.8) is 0 Å². The van der Waals surface area contributed by atoms with Crippen molar-refractivity contribution in [2.75, 3.05) is 6.26 Å². The van der Waals surface area contributed by atoms with Gasteiger partial charge in [-0.25, -0.2) is 0 Å². The van der Waals surface area contributed by atoms with Gasteiger partial charge in [0.2, 0.25) is 5.16 Å². The van der Waals surface area contributed by atoms with Gasteiger partial charge in [-0.15, -0.1) is 10.2 Å². The first-order valence-electron chi connectivity index (χ1n) is 5.82. The van der Waals surface area contributed by atoms with E-state index in [4.69, 9.17) is 0 Å². The molecule has 1 heterocycles. The highest BCUT2D eigenvalue weighted by atomic mass is 32.2. The van der Waals surface area contributed by atoms with E-state index in [1.807, 2.05) is 0 Å². The van der Waals surface area contributed by atoms with E-state index < -0.39 is 10.5 Å². The average Bonchev–Trinajstić information content (AvgIpc) is 2.49. The van der Waals surface area contributed by atoms with Crippen molar-refractivity contribution in [1.29, 1.82) is 0 Å². The van der Waals surface area contributed by atoms with E-state index in [-0.39, 0.29) is 11.4 Å². The quantitative estimate of drug-likeness (QED) is 0.366. The van der Waals surface area contributed by atoms with Gasteiger partial charge in [0.05, 0.1) is 16.7 Å². The largest absolute Gasteiger partial charge is 0.296 e. The third-order valence-corrected chi connectivity index (χ3v) is 3.22. The summed E-state index contributed by atoms with van der Waals surface area (Å²) in [6.45, 7) is 1.52. The van der Waals surface area contributed by atoms with Crippen molar-refractivity contribution in [2.24, 2.45) is 5.10 Å². The van der Waals surface area contributed by atoms with Gasteiger partial charge in [0.1, 0.15) is 5.69 Å². The lowest BCUT2D eigenvalue weighted by atomic mass is 10.2. The van der Waals surface area contributed by atoms with Crippen molar-refractivity contribution in [1.82, 2.24) is 14.9 Å². The normalized spacial score (nSPS) is 11.0. The maximum Gasteiger partial charge on any atom is 0.296 e. The van der Waals surface area contributed by atoms with Gasteiger partial charge in [0.15, 0.2) is 0 Å². The van der Waals surface area contributed by atoms with Crippen LogP contribution in [-0.2, 0) is 0 Å². The molecule has 0 aliphatic rings. The van der Waals surface area contributed by atoms with E-state index in [1.54, 1.807) is 24.5 Å². The van der Waals surface area contributed by atoms with E-state index in [1.165, 1.54) is 31.0 Å². The number of aryl methyl sites for hydroxylation is 1. The molecule has 1 aromatic heterocycles. The molecule has 0 fully saturated rings. The summed E-state index contributed by atoms with van der Waals surface area (Å²) in [5.74, 6) is 0. The molecule has 0 atom stereocenters. The van der Waals surface area contributed by atoms with Crippen LogP contribution in [-0.4, -0.2) is 32.3 Å². The zero-order chi connectivity index (χ0) is 15.4. The predicted octanol–water partition coefficient (Wildman–Crippen LogP) is 1.46. The summed E-state index contributed by atoms with van der Waals surface area (Å²) in [5.41, 5.74) is 0.00588. The summed E-state index contributed by atoms with van der Waals surface area (Å²) in [6, 6.07) is 6.14. The van der Waals surface area contributed by atoms with Crippen LogP contribution in [0.5, 0.6) is 0 Å². The third-order valence-electron chi connectivity index (χ3n) is 2.60. The Labute approximate surface area is 123 Å². The number of para-hydroxylation sites is 1. The zero-order valence-electron chi connectivity index (χ0n) is 11.3. The van der Waals surface area contributed by atoms with Crippen LogP contribution in [0.1, 0.15) is 11.3 Å². The summed E-state index contributed by atoms with van der Waals surface area (Å²) in [6.07, 6.45) is 3.00. The van der Waals surface area contributed by atoms with Gasteiger partial charge < -0.3 is 0 Å². The lowest BCUT2D eigenvalue weighted by molar-refractivity contribution is -0.385. The van der Waals surface area contributed by atoms with Crippen LogP contribution in [0, 0.1) is 17.0 Å². The third kappa shape index (κ3) is 3.14. The topological polar surface area (TPSA) is 103 Å². The van der Waals surface area contributed by atoms with Crippen LogP contribution in [0.2, 0.25) is 0 Å². The highest BCUT2D eigenvalue weighted by molar-refractivity contribution is 7.98. The monoisotopic (exact) mass is 305 g/mol. The summed E-state index contributed by atoms with van der Waals surface area (Å²) in [5, 5.41) is 22.8. The second-order valence-electron chi connectivity index (χ2n) is 3.95. The Morgan fingerprint density at radius 2 is 2.10 bits per heavy atom. The van der Waals surface area contributed by atoms with Crippen molar-refractivity contribution in [3.05, 3.63) is 56.0 Å². The number of nitrogens with zero attached hydrogens (tertiary/aromatic N) is 5. The van der Waals surface area contributed by atoms with Crippen LogP contribution in [0.3, 0.4) is 0 Å². The fourth-order valence-electron chi connectivity index (χ4n) is 1.56. The molecule has 0 unspecified atom stereocenters. The van der Waals surface area contributed by atoms with E-state index in [9.17, 15) is 14.9 Å². The van der Waals surface area contributed by atoms with Gasteiger partial charge in [-0.3, -0.25) is 14.9 Å². The molecule has 0 N–H and O–H groups in total. The lowest BCUT2D eigenvalue weighted by Gasteiger charge is -2.03. The van der Waals surface area contributed by atoms with Gasteiger partial charge in [0, 0.05) is 6.07 Å². The predicted molar refractivity (Wildman–Crippen MR) is 78.9 cm³/mol. The van der Waals surface area contributed by atoms with Gasteiger partial charge >= 0.3 is 0 Å². The maximum absolute atomic E-state index is 12.0. The number of thioether (sulfide) groups is 1. The minimum atomic E-state index is -0.504. The fraction of sp³-hybridized carbons (Fsp3) is 0.167. The van der Waals surface area contributed by atoms with Crippen molar-refractivity contribution >= 4 is 23.7 Å². The van der Waals surface area contributed by atoms with Crippen LogP contribution in [0.25, 0.3) is 0 Å². The highest BCUT2D eigenvalue weighted by Gasteiger charge is 2.11. The van der Waals surface area contributed by atoms with Gasteiger partial charge in [0.25, 0.3) is 11.2 Å². The zero-order valence-corrected chi connectivity index (χ0v) is 12.1. The smallest absolute Gasteiger partial charge is 0.265 e. The molecule has 0 amide bonds. The minimum absolute atomic E-state index is 0.0845. The van der Waals surface area contributed by atoms with E-state index in [0.717, 1.165) is 4.68 Å². The molecule has 0 aliphatic heterocycles. The Balaban J connectivity index is 2.50. The second-order valence-corrected chi connectivity index (χ2v) is 4.72. The Morgan fingerprint density at radius 3 is 2.76 bits per heavy atom. The number of hydrogen-bond donors (Lipinski definition) is 0. The first-order valence-corrected chi connectivity index (χ1v) is 7.05. The molecule has 21 heavy (non-hydrogen) atoms. The molecule has 108 valence electrons. The first kappa shape index (κ1) is 14.9. The van der Waals surface area contributed by atoms with E-state index in [0.29, 0.717) is 10.7 Å². The molecule has 9 heteroatoms. The number of hydrogen-bond acceptors (Lipinski definition) is 7. The van der Waals surface area contributed by atoms with Crippen LogP contribution in [0.4, 0.5) is 5.69 Å². The Bertz CT molecular complexity index is 772. The number of nitro benzene ring substituents is 1. The molecule has 2 aromatic rings. The van der Waals surface area contributed by atoms with Gasteiger partial charge in [-0.05, 0) is 19.2 Å². The Hall–Kier alpha value is -2.55. The summed E-state index contributed by atoms with van der Waals surface area (Å²) >= 11 is 1.21. The fourth-order valence-corrected chi connectivity index (χ4v) is 1.98. The van der Waals surface area contributed by atoms with E-state index >= 15 is 0 Å². The summed E-state index contributed by atoms with van der Waals surface area (Å²) < 4.78 is 1.07. The van der Waals surface area contributed by atoms with E-state index in [2.05, 4.69) is 15.3 Å². The number of nitro groups is 1. The molecule has 0 spiro atoms. The summed E-state index contributed by atoms with van der Waals surface area (Å²) in [4.78, 5) is 22.4. The Kier molecular flexibility index (Phi) is 4.43. The molecule has 0 saturated carbocycles. The van der Waals surface area contributed by atoms with Gasteiger partial charge in [-0.2, -0.15) is 9.78 Å². The molecule has 0 bridgehead atoms. The molecular formula is C12H11N5O3S. The van der Waals surface area contributed by atoms with Crippen molar-refractivity contribution in [2.45, 2.75) is 12.1 Å².